The van der Waals surface area contributed by atoms with Crippen LogP contribution in [-0.2, 0) is 19.6 Å². The molecule has 0 unspecified atom stereocenters. The molecule has 0 amide bonds. The Morgan fingerprint density at radius 1 is 1.08 bits per heavy atom. The second kappa shape index (κ2) is 9.19. The van der Waals surface area contributed by atoms with E-state index in [1.54, 1.807) is 25.4 Å². The molecule has 4 aromatic heterocycles. The van der Waals surface area contributed by atoms with Crippen LogP contribution in [0.5, 0.6) is 5.88 Å². The highest BCUT2D eigenvalue weighted by Gasteiger charge is 2.34. The Bertz CT molecular complexity index is 1620. The van der Waals surface area contributed by atoms with E-state index < -0.39 is 11.9 Å². The monoisotopic (exact) mass is 520 g/mol. The number of ether oxygens (including phenoxy) is 1. The van der Waals surface area contributed by atoms with Crippen LogP contribution < -0.4 is 4.74 Å². The second-order valence-electron chi connectivity index (χ2n) is 9.21. The summed E-state index contributed by atoms with van der Waals surface area (Å²) in [6.45, 7) is 2.36. The predicted octanol–water partition coefficient (Wildman–Crippen LogP) is 5.10. The molecule has 0 spiro atoms. The molecule has 6 rings (SSSR count). The molecule has 1 aliphatic carbocycles. The molecule has 9 nitrogen and oxygen atoms in total. The normalized spacial score (nSPS) is 13.8. The summed E-state index contributed by atoms with van der Waals surface area (Å²) in [6, 6.07) is 7.23. The van der Waals surface area contributed by atoms with E-state index in [9.17, 15) is 13.2 Å². The average Bonchev–Trinajstić information content (AvgIpc) is 3.56. The number of hydrogen-bond donors (Lipinski definition) is 1. The largest absolute Gasteiger partial charge is 0.477 e. The number of nitrogens with one attached hydrogen (secondary N) is 1. The molecule has 38 heavy (non-hydrogen) atoms. The molecular formula is C26H23F3N8O. The summed E-state index contributed by atoms with van der Waals surface area (Å²) in [5.74, 6) is 1.54. The third-order valence-electron chi connectivity index (χ3n) is 6.44. The number of fused-ring (bicyclic) bond motifs is 1. The van der Waals surface area contributed by atoms with Gasteiger partial charge in [0.05, 0.1) is 24.2 Å². The Balaban J connectivity index is 1.31. The minimum atomic E-state index is -4.49. The van der Waals surface area contributed by atoms with Crippen LogP contribution >= 0.6 is 0 Å². The molecule has 1 aromatic carbocycles. The third-order valence-corrected chi connectivity index (χ3v) is 6.44. The summed E-state index contributed by atoms with van der Waals surface area (Å²) in [4.78, 5) is 22.0. The van der Waals surface area contributed by atoms with E-state index in [-0.39, 0.29) is 5.82 Å². The Morgan fingerprint density at radius 3 is 2.55 bits per heavy atom. The number of nitrogens with zero attached hydrogens (tertiary/aromatic N) is 7. The van der Waals surface area contributed by atoms with Crippen LogP contribution in [0.1, 0.15) is 48.3 Å². The maximum atomic E-state index is 13.1. The van der Waals surface area contributed by atoms with E-state index in [0.29, 0.717) is 52.8 Å². The van der Waals surface area contributed by atoms with Gasteiger partial charge in [-0.3, -0.25) is 5.10 Å². The highest BCUT2D eigenvalue weighted by molar-refractivity contribution is 5.79. The SMILES string of the molecule is CCOc1ncnc(C2CC2)c1-c1ncc2n[nH]c(Cc3ccc(-c4nc(C(F)(F)F)cn4C)cc3)c2n1. The minimum absolute atomic E-state index is 0.245. The van der Waals surface area contributed by atoms with Crippen LogP contribution in [0.15, 0.2) is 43.0 Å². The molecule has 1 saturated carbocycles. The van der Waals surface area contributed by atoms with Crippen molar-refractivity contribution in [2.75, 3.05) is 6.61 Å². The number of imidazole rings is 1. The molecule has 1 fully saturated rings. The van der Waals surface area contributed by atoms with Gasteiger partial charge in [-0.25, -0.2) is 24.9 Å². The number of aromatic nitrogens is 8. The Labute approximate surface area is 215 Å². The molecule has 0 aliphatic heterocycles. The van der Waals surface area contributed by atoms with Gasteiger partial charge < -0.3 is 9.30 Å². The maximum absolute atomic E-state index is 13.1. The van der Waals surface area contributed by atoms with Crippen molar-refractivity contribution in [1.29, 1.82) is 0 Å². The van der Waals surface area contributed by atoms with Gasteiger partial charge in [-0.15, -0.1) is 0 Å². The van der Waals surface area contributed by atoms with Crippen molar-refractivity contribution < 1.29 is 17.9 Å². The number of aryl methyl sites for hydroxylation is 1. The summed E-state index contributed by atoms with van der Waals surface area (Å²) in [7, 11) is 1.54. The lowest BCUT2D eigenvalue weighted by Crippen LogP contribution is -2.04. The zero-order chi connectivity index (χ0) is 26.4. The van der Waals surface area contributed by atoms with E-state index in [1.807, 2.05) is 19.1 Å². The van der Waals surface area contributed by atoms with E-state index in [4.69, 9.17) is 9.72 Å². The van der Waals surface area contributed by atoms with Crippen molar-refractivity contribution in [1.82, 2.24) is 39.7 Å². The minimum Gasteiger partial charge on any atom is -0.477 e. The Kier molecular flexibility index (Phi) is 5.81. The van der Waals surface area contributed by atoms with Crippen molar-refractivity contribution in [3.8, 4) is 28.7 Å². The Morgan fingerprint density at radius 2 is 1.87 bits per heavy atom. The van der Waals surface area contributed by atoms with Crippen LogP contribution in [0, 0.1) is 0 Å². The standard InChI is InChI=1S/C26H23F3N8O/c1-3-38-25-20(21(15-8-9-15)31-13-32-25)23-30-11-18-22(34-23)17(35-36-18)10-14-4-6-16(7-5-14)24-33-19(12-37(24)2)26(27,28)29/h4-7,11-13,15H,3,8-10H2,1-2H3,(H,35,36). The van der Waals surface area contributed by atoms with Gasteiger partial charge in [0, 0.05) is 31.1 Å². The second-order valence-corrected chi connectivity index (χ2v) is 9.21. The van der Waals surface area contributed by atoms with Gasteiger partial charge in [-0.05, 0) is 25.3 Å². The average molecular weight is 521 g/mol. The first-order valence-electron chi connectivity index (χ1n) is 12.2. The molecule has 1 aliphatic rings. The highest BCUT2D eigenvalue weighted by atomic mass is 19.4. The van der Waals surface area contributed by atoms with Gasteiger partial charge in [0.1, 0.15) is 28.7 Å². The van der Waals surface area contributed by atoms with Crippen molar-refractivity contribution in [2.24, 2.45) is 7.05 Å². The fraction of sp³-hybridized carbons (Fsp3) is 0.308. The van der Waals surface area contributed by atoms with Crippen LogP contribution in [0.4, 0.5) is 13.2 Å². The number of aromatic amines is 1. The molecule has 12 heteroatoms. The lowest BCUT2D eigenvalue weighted by molar-refractivity contribution is -0.140. The number of alkyl halides is 3. The number of hydrogen-bond acceptors (Lipinski definition) is 7. The van der Waals surface area contributed by atoms with Gasteiger partial charge >= 0.3 is 6.18 Å². The fourth-order valence-electron chi connectivity index (χ4n) is 4.46. The van der Waals surface area contributed by atoms with E-state index in [1.165, 1.54) is 10.9 Å². The summed E-state index contributed by atoms with van der Waals surface area (Å²) in [5, 5.41) is 7.40. The lowest BCUT2D eigenvalue weighted by atomic mass is 10.1. The molecule has 0 atom stereocenters. The van der Waals surface area contributed by atoms with Crippen LogP contribution in [0.3, 0.4) is 0 Å². The topological polar surface area (TPSA) is 107 Å². The number of benzene rings is 1. The summed E-state index contributed by atoms with van der Waals surface area (Å²) in [5.41, 5.74) is 4.29. The van der Waals surface area contributed by atoms with Crippen molar-refractivity contribution in [2.45, 2.75) is 38.3 Å². The Hall–Kier alpha value is -4.35. The van der Waals surface area contributed by atoms with Crippen LogP contribution in [0.25, 0.3) is 33.8 Å². The number of rotatable bonds is 7. The first-order valence-corrected chi connectivity index (χ1v) is 12.2. The first kappa shape index (κ1) is 24.0. The van der Waals surface area contributed by atoms with Gasteiger partial charge in [-0.2, -0.15) is 18.3 Å². The molecule has 0 radical (unpaired) electrons. The van der Waals surface area contributed by atoms with Crippen molar-refractivity contribution in [3.05, 3.63) is 65.6 Å². The highest BCUT2D eigenvalue weighted by Crippen LogP contribution is 2.45. The molecular weight excluding hydrogens is 497 g/mol. The quantitative estimate of drug-likeness (QED) is 0.318. The van der Waals surface area contributed by atoms with Gasteiger partial charge in [0.25, 0.3) is 0 Å². The fourth-order valence-corrected chi connectivity index (χ4v) is 4.46. The van der Waals surface area contributed by atoms with E-state index in [2.05, 4.69) is 30.1 Å². The maximum Gasteiger partial charge on any atom is 0.434 e. The molecule has 0 saturated heterocycles. The first-order chi connectivity index (χ1) is 18.3. The summed E-state index contributed by atoms with van der Waals surface area (Å²) in [6.07, 6.45) is 2.28. The molecule has 4 heterocycles. The molecule has 0 bridgehead atoms. The van der Waals surface area contributed by atoms with Gasteiger partial charge in [0.2, 0.25) is 5.88 Å². The van der Waals surface area contributed by atoms with Crippen molar-refractivity contribution >= 4 is 11.0 Å². The molecule has 194 valence electrons. The smallest absolute Gasteiger partial charge is 0.434 e. The third kappa shape index (κ3) is 4.46. The molecule has 5 aromatic rings. The van der Waals surface area contributed by atoms with Crippen LogP contribution in [-0.4, -0.2) is 46.3 Å². The van der Waals surface area contributed by atoms with E-state index in [0.717, 1.165) is 36.0 Å². The van der Waals surface area contributed by atoms with Crippen molar-refractivity contribution in [3.63, 3.8) is 0 Å². The summed E-state index contributed by atoms with van der Waals surface area (Å²) < 4.78 is 46.3. The number of H-pyrrole nitrogens is 1. The summed E-state index contributed by atoms with van der Waals surface area (Å²) >= 11 is 0. The molecule has 1 N–H and O–H groups in total. The lowest BCUT2D eigenvalue weighted by Gasteiger charge is -2.11. The predicted molar refractivity (Wildman–Crippen MR) is 132 cm³/mol. The number of halogens is 3. The van der Waals surface area contributed by atoms with Gasteiger partial charge in [0.15, 0.2) is 11.5 Å². The zero-order valence-electron chi connectivity index (χ0n) is 20.6. The van der Waals surface area contributed by atoms with E-state index >= 15 is 0 Å². The van der Waals surface area contributed by atoms with Crippen LogP contribution in [0.2, 0.25) is 0 Å². The van der Waals surface area contributed by atoms with Gasteiger partial charge in [-0.1, -0.05) is 24.3 Å². The zero-order valence-corrected chi connectivity index (χ0v) is 20.6.